The van der Waals surface area contributed by atoms with E-state index in [2.05, 4.69) is 33.7 Å². The molecule has 0 aliphatic rings. The second-order valence-corrected chi connectivity index (χ2v) is 5.34. The molecule has 2 N–H and O–H groups in total. The molecule has 0 saturated carbocycles. The lowest BCUT2D eigenvalue weighted by molar-refractivity contribution is -0.119. The van der Waals surface area contributed by atoms with Gasteiger partial charge >= 0.3 is 0 Å². The number of benzene rings is 1. The number of nitrogens with zero attached hydrogens (tertiary/aromatic N) is 1. The topological polar surface area (TPSA) is 44.4 Å². The minimum Gasteiger partial charge on any atom is -0.326 e. The molecule has 19 heavy (non-hydrogen) atoms. The fourth-order valence-electron chi connectivity index (χ4n) is 1.92. The zero-order valence-electron chi connectivity index (χ0n) is 12.6. The van der Waals surface area contributed by atoms with Crippen molar-refractivity contribution < 1.29 is 4.79 Å². The Hall–Kier alpha value is -1.39. The summed E-state index contributed by atoms with van der Waals surface area (Å²) >= 11 is 0. The smallest absolute Gasteiger partial charge is 0.228 e. The van der Waals surface area contributed by atoms with E-state index in [1.54, 1.807) is 0 Å². The molecule has 1 aromatic carbocycles. The average Bonchev–Trinajstić information content (AvgIpc) is 2.33. The Bertz CT molecular complexity index is 429. The summed E-state index contributed by atoms with van der Waals surface area (Å²) < 4.78 is 0. The van der Waals surface area contributed by atoms with Crippen molar-refractivity contribution in [1.82, 2.24) is 10.2 Å². The molecule has 0 aromatic heterocycles. The maximum Gasteiger partial charge on any atom is 0.228 e. The van der Waals surface area contributed by atoms with Crippen LogP contribution in [-0.2, 0) is 11.3 Å². The van der Waals surface area contributed by atoms with Crippen LogP contribution in [0.15, 0.2) is 18.2 Å². The van der Waals surface area contributed by atoms with E-state index in [0.29, 0.717) is 6.54 Å². The Labute approximate surface area is 116 Å². The molecule has 1 rings (SSSR count). The fraction of sp³-hybridized carbons (Fsp3) is 0.533. The summed E-state index contributed by atoms with van der Waals surface area (Å²) in [6.07, 6.45) is 0. The summed E-state index contributed by atoms with van der Waals surface area (Å²) in [7, 11) is 5.92. The molecule has 0 spiro atoms. The van der Waals surface area contributed by atoms with Gasteiger partial charge in [-0.3, -0.25) is 4.79 Å². The van der Waals surface area contributed by atoms with Crippen LogP contribution in [0.25, 0.3) is 0 Å². The second kappa shape index (κ2) is 7.26. The van der Waals surface area contributed by atoms with Gasteiger partial charge in [-0.05, 0) is 45.3 Å². The third kappa shape index (κ3) is 5.01. The van der Waals surface area contributed by atoms with Crippen molar-refractivity contribution in [3.8, 4) is 0 Å². The van der Waals surface area contributed by atoms with E-state index in [9.17, 15) is 4.79 Å². The maximum atomic E-state index is 12.0. The molecular formula is C15H25N3O. The van der Waals surface area contributed by atoms with Gasteiger partial charge in [-0.1, -0.05) is 19.1 Å². The summed E-state index contributed by atoms with van der Waals surface area (Å²) in [5.41, 5.74) is 3.20. The van der Waals surface area contributed by atoms with Crippen molar-refractivity contribution in [2.45, 2.75) is 20.4 Å². The molecule has 4 heteroatoms. The molecule has 0 saturated heterocycles. The number of nitrogens with one attached hydrogen (secondary N) is 2. The SMILES string of the molecule is CNCC(C)C(=O)Nc1cc(CN(C)C)ccc1C. The number of hydrogen-bond donors (Lipinski definition) is 2. The fourth-order valence-corrected chi connectivity index (χ4v) is 1.92. The summed E-state index contributed by atoms with van der Waals surface area (Å²) in [4.78, 5) is 14.1. The first-order chi connectivity index (χ1) is 8.93. The first-order valence-corrected chi connectivity index (χ1v) is 6.63. The van der Waals surface area contributed by atoms with Crippen LogP contribution in [0.3, 0.4) is 0 Å². The Morgan fingerprint density at radius 2 is 2.05 bits per heavy atom. The van der Waals surface area contributed by atoms with Crippen molar-refractivity contribution in [2.75, 3.05) is 33.0 Å². The zero-order chi connectivity index (χ0) is 14.4. The van der Waals surface area contributed by atoms with Crippen LogP contribution in [0.5, 0.6) is 0 Å². The van der Waals surface area contributed by atoms with Crippen LogP contribution in [0.1, 0.15) is 18.1 Å². The molecule has 0 heterocycles. The first kappa shape index (κ1) is 15.7. The molecule has 1 aromatic rings. The van der Waals surface area contributed by atoms with E-state index in [-0.39, 0.29) is 11.8 Å². The lowest BCUT2D eigenvalue weighted by atomic mass is 10.1. The number of aryl methyl sites for hydroxylation is 1. The first-order valence-electron chi connectivity index (χ1n) is 6.63. The van der Waals surface area contributed by atoms with Crippen molar-refractivity contribution in [3.63, 3.8) is 0 Å². The Morgan fingerprint density at radius 1 is 1.37 bits per heavy atom. The van der Waals surface area contributed by atoms with E-state index in [1.807, 2.05) is 35.0 Å². The van der Waals surface area contributed by atoms with E-state index in [4.69, 9.17) is 0 Å². The minimum absolute atomic E-state index is 0.0399. The van der Waals surface area contributed by atoms with E-state index in [1.165, 1.54) is 5.56 Å². The van der Waals surface area contributed by atoms with E-state index < -0.39 is 0 Å². The van der Waals surface area contributed by atoms with Crippen LogP contribution in [-0.4, -0.2) is 38.5 Å². The normalized spacial score (nSPS) is 12.5. The molecule has 1 amide bonds. The number of hydrogen-bond acceptors (Lipinski definition) is 3. The Morgan fingerprint density at radius 3 is 2.63 bits per heavy atom. The van der Waals surface area contributed by atoms with Crippen molar-refractivity contribution in [2.24, 2.45) is 5.92 Å². The lowest BCUT2D eigenvalue weighted by Crippen LogP contribution is -2.28. The zero-order valence-corrected chi connectivity index (χ0v) is 12.6. The van der Waals surface area contributed by atoms with Gasteiger partial charge < -0.3 is 15.5 Å². The summed E-state index contributed by atoms with van der Waals surface area (Å²) in [6, 6.07) is 6.21. The van der Waals surface area contributed by atoms with Gasteiger partial charge in [0.25, 0.3) is 0 Å². The molecule has 4 nitrogen and oxygen atoms in total. The molecule has 0 aliphatic heterocycles. The molecule has 1 unspecified atom stereocenters. The van der Waals surface area contributed by atoms with Crippen molar-refractivity contribution in [3.05, 3.63) is 29.3 Å². The third-order valence-corrected chi connectivity index (χ3v) is 3.02. The molecule has 0 radical (unpaired) electrons. The van der Waals surface area contributed by atoms with Crippen LogP contribution in [0, 0.1) is 12.8 Å². The number of anilines is 1. The van der Waals surface area contributed by atoms with Gasteiger partial charge in [0.05, 0.1) is 0 Å². The Balaban J connectivity index is 2.79. The lowest BCUT2D eigenvalue weighted by Gasteiger charge is -2.16. The highest BCUT2D eigenvalue weighted by Gasteiger charge is 2.13. The van der Waals surface area contributed by atoms with E-state index >= 15 is 0 Å². The van der Waals surface area contributed by atoms with Crippen LogP contribution in [0.4, 0.5) is 5.69 Å². The number of carbonyl (C=O) groups is 1. The number of rotatable bonds is 6. The molecule has 0 fully saturated rings. The largest absolute Gasteiger partial charge is 0.326 e. The molecule has 106 valence electrons. The number of amides is 1. The molecule has 1 atom stereocenters. The summed E-state index contributed by atoms with van der Waals surface area (Å²) in [5.74, 6) is 0.0151. The summed E-state index contributed by atoms with van der Waals surface area (Å²) in [6.45, 7) is 5.49. The van der Waals surface area contributed by atoms with Crippen LogP contribution < -0.4 is 10.6 Å². The van der Waals surface area contributed by atoms with Crippen molar-refractivity contribution in [1.29, 1.82) is 0 Å². The number of carbonyl (C=O) groups excluding carboxylic acids is 1. The predicted octanol–water partition coefficient (Wildman–Crippen LogP) is 1.85. The minimum atomic E-state index is -0.0399. The maximum absolute atomic E-state index is 12.0. The average molecular weight is 263 g/mol. The highest BCUT2D eigenvalue weighted by atomic mass is 16.1. The van der Waals surface area contributed by atoms with Gasteiger partial charge in [0, 0.05) is 24.7 Å². The highest BCUT2D eigenvalue weighted by Crippen LogP contribution is 2.18. The quantitative estimate of drug-likeness (QED) is 0.823. The van der Waals surface area contributed by atoms with E-state index in [0.717, 1.165) is 17.8 Å². The molecular weight excluding hydrogens is 238 g/mol. The summed E-state index contributed by atoms with van der Waals surface area (Å²) in [5, 5.41) is 6.03. The molecule has 0 bridgehead atoms. The van der Waals surface area contributed by atoms with Gasteiger partial charge in [0.2, 0.25) is 5.91 Å². The molecule has 0 aliphatic carbocycles. The second-order valence-electron chi connectivity index (χ2n) is 5.34. The van der Waals surface area contributed by atoms with Gasteiger partial charge in [0.15, 0.2) is 0 Å². The highest BCUT2D eigenvalue weighted by molar-refractivity contribution is 5.93. The Kier molecular flexibility index (Phi) is 5.99. The van der Waals surface area contributed by atoms with Crippen LogP contribution >= 0.6 is 0 Å². The van der Waals surface area contributed by atoms with Crippen LogP contribution in [0.2, 0.25) is 0 Å². The predicted molar refractivity (Wildman–Crippen MR) is 80.3 cm³/mol. The van der Waals surface area contributed by atoms with Gasteiger partial charge in [-0.15, -0.1) is 0 Å². The standard InChI is InChI=1S/C15H25N3O/c1-11-6-7-13(10-18(4)5)8-14(11)17-15(19)12(2)9-16-3/h6-8,12,16H,9-10H2,1-5H3,(H,17,19). The third-order valence-electron chi connectivity index (χ3n) is 3.02. The monoisotopic (exact) mass is 263 g/mol. The van der Waals surface area contributed by atoms with Gasteiger partial charge in [-0.25, -0.2) is 0 Å². The van der Waals surface area contributed by atoms with Gasteiger partial charge in [0.1, 0.15) is 0 Å². The van der Waals surface area contributed by atoms with Crippen molar-refractivity contribution >= 4 is 11.6 Å². The van der Waals surface area contributed by atoms with Gasteiger partial charge in [-0.2, -0.15) is 0 Å².